The van der Waals surface area contributed by atoms with Gasteiger partial charge in [0.05, 0.1) is 7.11 Å². The van der Waals surface area contributed by atoms with Gasteiger partial charge >= 0.3 is 0 Å². The van der Waals surface area contributed by atoms with Crippen LogP contribution in [0.3, 0.4) is 0 Å². The van der Waals surface area contributed by atoms with E-state index in [1.54, 1.807) is 7.11 Å². The van der Waals surface area contributed by atoms with E-state index in [0.29, 0.717) is 11.6 Å². The summed E-state index contributed by atoms with van der Waals surface area (Å²) in [6, 6.07) is 7.46. The van der Waals surface area contributed by atoms with Gasteiger partial charge in [0.25, 0.3) is 0 Å². The molecule has 0 radical (unpaired) electrons. The lowest BCUT2D eigenvalue weighted by Crippen LogP contribution is -2.07. The van der Waals surface area contributed by atoms with Crippen molar-refractivity contribution in [3.8, 4) is 5.75 Å². The highest BCUT2D eigenvalue weighted by Gasteiger charge is 2.08. The Bertz CT molecular complexity index is 596. The van der Waals surface area contributed by atoms with Gasteiger partial charge in [0, 0.05) is 36.7 Å². The van der Waals surface area contributed by atoms with Gasteiger partial charge in [0.15, 0.2) is 0 Å². The zero-order chi connectivity index (χ0) is 15.2. The van der Waals surface area contributed by atoms with Crippen LogP contribution in [0.5, 0.6) is 5.75 Å². The quantitative estimate of drug-likeness (QED) is 0.857. The first-order valence-corrected chi connectivity index (χ1v) is 7.16. The van der Waals surface area contributed by atoms with Crippen molar-refractivity contribution in [2.45, 2.75) is 19.9 Å². The first-order chi connectivity index (χ1) is 10.2. The number of hydrogen-bond donors (Lipinski definition) is 2. The maximum Gasteiger partial charge on any atom is 0.132 e. The molecule has 2 N–H and O–H groups in total. The highest BCUT2D eigenvalue weighted by molar-refractivity contribution is 6.31. The minimum Gasteiger partial charge on any atom is -0.496 e. The molecule has 1 aromatic carbocycles. The van der Waals surface area contributed by atoms with Crippen molar-refractivity contribution in [2.75, 3.05) is 24.8 Å². The van der Waals surface area contributed by atoms with E-state index in [-0.39, 0.29) is 0 Å². The molecule has 1 aromatic heterocycles. The summed E-state index contributed by atoms with van der Waals surface area (Å²) in [5.74, 6) is 3.09. The Kier molecular flexibility index (Phi) is 5.22. The number of benzene rings is 1. The van der Waals surface area contributed by atoms with Gasteiger partial charge in [-0.05, 0) is 12.1 Å². The Labute approximate surface area is 129 Å². The molecule has 2 rings (SSSR count). The van der Waals surface area contributed by atoms with Crippen molar-refractivity contribution < 1.29 is 4.74 Å². The third-order valence-electron chi connectivity index (χ3n) is 3.09. The van der Waals surface area contributed by atoms with Crippen LogP contribution in [0.1, 0.15) is 18.3 Å². The molecule has 0 fully saturated rings. The van der Waals surface area contributed by atoms with Crippen LogP contribution in [-0.2, 0) is 13.0 Å². The Balaban J connectivity index is 2.20. The summed E-state index contributed by atoms with van der Waals surface area (Å²) >= 11 is 6.23. The molecule has 6 heteroatoms. The smallest absolute Gasteiger partial charge is 0.132 e. The average molecular weight is 307 g/mol. The molecule has 0 aliphatic carbocycles. The molecule has 0 aliphatic heterocycles. The highest BCUT2D eigenvalue weighted by Crippen LogP contribution is 2.27. The minimum atomic E-state index is 0.534. The average Bonchev–Trinajstić information content (AvgIpc) is 2.52. The molecule has 5 nitrogen and oxygen atoms in total. The Morgan fingerprint density at radius 1 is 1.24 bits per heavy atom. The monoisotopic (exact) mass is 306 g/mol. The topological polar surface area (TPSA) is 59.1 Å². The Morgan fingerprint density at radius 2 is 2.00 bits per heavy atom. The van der Waals surface area contributed by atoms with Crippen molar-refractivity contribution in [1.29, 1.82) is 0 Å². The summed E-state index contributed by atoms with van der Waals surface area (Å²) < 4.78 is 5.33. The maximum absolute atomic E-state index is 6.23. The van der Waals surface area contributed by atoms with Gasteiger partial charge in [-0.3, -0.25) is 0 Å². The van der Waals surface area contributed by atoms with Crippen LogP contribution in [0.25, 0.3) is 0 Å². The van der Waals surface area contributed by atoms with Crippen LogP contribution >= 0.6 is 11.6 Å². The molecule has 0 aliphatic rings. The van der Waals surface area contributed by atoms with Crippen LogP contribution in [0, 0.1) is 0 Å². The van der Waals surface area contributed by atoms with Crippen LogP contribution < -0.4 is 15.4 Å². The van der Waals surface area contributed by atoms with Crippen molar-refractivity contribution >= 4 is 23.2 Å². The van der Waals surface area contributed by atoms with Gasteiger partial charge in [0.1, 0.15) is 23.2 Å². The summed E-state index contributed by atoms with van der Waals surface area (Å²) in [6.45, 7) is 2.56. The molecule has 0 bridgehead atoms. The molecule has 0 saturated heterocycles. The molecule has 0 atom stereocenters. The number of ether oxygens (including phenoxy) is 1. The van der Waals surface area contributed by atoms with Crippen LogP contribution in [0.15, 0.2) is 24.3 Å². The number of halogens is 1. The third-order valence-corrected chi connectivity index (χ3v) is 3.44. The summed E-state index contributed by atoms with van der Waals surface area (Å²) in [6.07, 6.45) is 0.777. The summed E-state index contributed by atoms with van der Waals surface area (Å²) in [5.41, 5.74) is 0.907. The molecule has 0 amide bonds. The number of anilines is 2. The SMILES string of the molecule is CCc1nc(NC)cc(NCc2c(Cl)cccc2OC)n1. The van der Waals surface area contributed by atoms with Crippen molar-refractivity contribution in [1.82, 2.24) is 9.97 Å². The summed E-state index contributed by atoms with van der Waals surface area (Å²) in [5, 5.41) is 6.97. The van der Waals surface area contributed by atoms with E-state index in [9.17, 15) is 0 Å². The minimum absolute atomic E-state index is 0.534. The van der Waals surface area contributed by atoms with Gasteiger partial charge in [0.2, 0.25) is 0 Å². The van der Waals surface area contributed by atoms with Gasteiger partial charge in [-0.2, -0.15) is 0 Å². The fraction of sp³-hybridized carbons (Fsp3) is 0.333. The van der Waals surface area contributed by atoms with E-state index in [1.165, 1.54) is 0 Å². The molecular weight excluding hydrogens is 288 g/mol. The second kappa shape index (κ2) is 7.13. The molecule has 1 heterocycles. The van der Waals surface area contributed by atoms with Gasteiger partial charge < -0.3 is 15.4 Å². The highest BCUT2D eigenvalue weighted by atomic mass is 35.5. The van der Waals surface area contributed by atoms with Gasteiger partial charge in [-0.25, -0.2) is 9.97 Å². The van der Waals surface area contributed by atoms with Gasteiger partial charge in [-0.1, -0.05) is 24.6 Å². The standard InChI is InChI=1S/C15H19ClN4O/c1-4-13-19-14(17-2)8-15(20-13)18-9-10-11(16)6-5-7-12(10)21-3/h5-8H,4,9H2,1-3H3,(H2,17,18,19,20). The van der Waals surface area contributed by atoms with E-state index in [4.69, 9.17) is 16.3 Å². The van der Waals surface area contributed by atoms with E-state index in [2.05, 4.69) is 20.6 Å². The van der Waals surface area contributed by atoms with Crippen molar-refractivity contribution in [3.05, 3.63) is 40.7 Å². The maximum atomic E-state index is 6.23. The molecule has 0 unspecified atom stereocenters. The zero-order valence-corrected chi connectivity index (χ0v) is 13.2. The number of nitrogens with one attached hydrogen (secondary N) is 2. The normalized spacial score (nSPS) is 10.3. The third kappa shape index (κ3) is 3.76. The number of aromatic nitrogens is 2. The lowest BCUT2D eigenvalue weighted by Gasteiger charge is -2.13. The molecular formula is C15H19ClN4O. The number of nitrogens with zero attached hydrogens (tertiary/aromatic N) is 2. The molecule has 112 valence electrons. The lowest BCUT2D eigenvalue weighted by molar-refractivity contribution is 0.410. The second-order valence-corrected chi connectivity index (χ2v) is 4.84. The molecule has 2 aromatic rings. The fourth-order valence-corrected chi connectivity index (χ4v) is 2.19. The first-order valence-electron chi connectivity index (χ1n) is 6.78. The lowest BCUT2D eigenvalue weighted by atomic mass is 10.2. The number of aryl methyl sites for hydroxylation is 1. The first kappa shape index (κ1) is 15.4. The predicted octanol–water partition coefficient (Wildman–Crippen LogP) is 3.35. The summed E-state index contributed by atoms with van der Waals surface area (Å²) in [7, 11) is 3.47. The fourth-order valence-electron chi connectivity index (χ4n) is 1.95. The molecule has 0 saturated carbocycles. The largest absolute Gasteiger partial charge is 0.496 e. The second-order valence-electron chi connectivity index (χ2n) is 4.43. The van der Waals surface area contributed by atoms with E-state index in [0.717, 1.165) is 35.2 Å². The Hall–Kier alpha value is -2.01. The van der Waals surface area contributed by atoms with Crippen LogP contribution in [0.4, 0.5) is 11.6 Å². The van der Waals surface area contributed by atoms with E-state index in [1.807, 2.05) is 38.2 Å². The number of rotatable bonds is 6. The molecule has 0 spiro atoms. The number of hydrogen-bond acceptors (Lipinski definition) is 5. The zero-order valence-electron chi connectivity index (χ0n) is 12.4. The molecule has 21 heavy (non-hydrogen) atoms. The predicted molar refractivity (Wildman–Crippen MR) is 86.3 cm³/mol. The number of methoxy groups -OCH3 is 1. The van der Waals surface area contributed by atoms with E-state index >= 15 is 0 Å². The summed E-state index contributed by atoms with van der Waals surface area (Å²) in [4.78, 5) is 8.82. The van der Waals surface area contributed by atoms with E-state index < -0.39 is 0 Å². The Morgan fingerprint density at radius 3 is 2.67 bits per heavy atom. The van der Waals surface area contributed by atoms with Gasteiger partial charge in [-0.15, -0.1) is 0 Å². The van der Waals surface area contributed by atoms with Crippen LogP contribution in [-0.4, -0.2) is 24.1 Å². The van der Waals surface area contributed by atoms with Crippen LogP contribution in [0.2, 0.25) is 5.02 Å². The van der Waals surface area contributed by atoms with Crippen molar-refractivity contribution in [3.63, 3.8) is 0 Å². The van der Waals surface area contributed by atoms with Crippen molar-refractivity contribution in [2.24, 2.45) is 0 Å².